The number of ether oxygens (including phenoxy) is 1. The number of methoxy groups -OCH3 is 1. The number of rotatable bonds is 6. The summed E-state index contributed by atoms with van der Waals surface area (Å²) in [5.41, 5.74) is 6.85. The van der Waals surface area contributed by atoms with Crippen molar-refractivity contribution in [3.8, 4) is 5.75 Å². The molecule has 0 saturated carbocycles. The maximum Gasteiger partial charge on any atom is 0.237 e. The Labute approximate surface area is 125 Å². The van der Waals surface area contributed by atoms with Gasteiger partial charge in [-0.1, -0.05) is 31.5 Å². The Balaban J connectivity index is 2.04. The number of hydrogen-bond acceptors (Lipinski definition) is 3. The standard InChI is InChI=1S/C17H22N2O2/c1-3-4-16(18)17(20)19-11-12-5-6-14-10-15(21-2)8-7-13(14)9-12/h5-10,16H,3-4,11,18H2,1-2H3,(H,19,20)/t16-/m1/s1. The van der Waals surface area contributed by atoms with Gasteiger partial charge in [-0.25, -0.2) is 0 Å². The lowest BCUT2D eigenvalue weighted by Gasteiger charge is -2.11. The molecule has 4 heteroatoms. The van der Waals surface area contributed by atoms with E-state index in [2.05, 4.69) is 11.4 Å². The van der Waals surface area contributed by atoms with Gasteiger partial charge in [0.05, 0.1) is 13.2 Å². The first-order valence-electron chi connectivity index (χ1n) is 7.24. The van der Waals surface area contributed by atoms with Gasteiger partial charge in [0.25, 0.3) is 0 Å². The van der Waals surface area contributed by atoms with Crippen LogP contribution in [-0.4, -0.2) is 19.1 Å². The summed E-state index contributed by atoms with van der Waals surface area (Å²) in [7, 11) is 1.66. The van der Waals surface area contributed by atoms with E-state index in [0.29, 0.717) is 13.0 Å². The maximum atomic E-state index is 11.8. The number of hydrogen-bond donors (Lipinski definition) is 2. The highest BCUT2D eigenvalue weighted by atomic mass is 16.5. The molecule has 3 N–H and O–H groups in total. The predicted octanol–water partition coefficient (Wildman–Crippen LogP) is 2.59. The van der Waals surface area contributed by atoms with Gasteiger partial charge in [-0.15, -0.1) is 0 Å². The molecule has 0 radical (unpaired) electrons. The number of fused-ring (bicyclic) bond motifs is 1. The molecule has 2 aromatic carbocycles. The van der Waals surface area contributed by atoms with Crippen molar-refractivity contribution in [2.75, 3.05) is 7.11 Å². The molecular weight excluding hydrogens is 264 g/mol. The number of nitrogens with one attached hydrogen (secondary N) is 1. The third kappa shape index (κ3) is 3.95. The van der Waals surface area contributed by atoms with Crippen LogP contribution in [-0.2, 0) is 11.3 Å². The molecule has 0 aliphatic rings. The monoisotopic (exact) mass is 286 g/mol. The lowest BCUT2D eigenvalue weighted by Crippen LogP contribution is -2.40. The summed E-state index contributed by atoms with van der Waals surface area (Å²) in [6.07, 6.45) is 1.62. The Morgan fingerprint density at radius 1 is 1.24 bits per heavy atom. The highest BCUT2D eigenvalue weighted by Gasteiger charge is 2.11. The Morgan fingerprint density at radius 2 is 1.95 bits per heavy atom. The van der Waals surface area contributed by atoms with Crippen LogP contribution < -0.4 is 15.8 Å². The zero-order valence-corrected chi connectivity index (χ0v) is 12.6. The van der Waals surface area contributed by atoms with Gasteiger partial charge in [0.15, 0.2) is 0 Å². The molecule has 0 saturated heterocycles. The highest BCUT2D eigenvalue weighted by Crippen LogP contribution is 2.21. The van der Waals surface area contributed by atoms with Crippen LogP contribution in [0, 0.1) is 0 Å². The number of carbonyl (C=O) groups excluding carboxylic acids is 1. The summed E-state index contributed by atoms with van der Waals surface area (Å²) in [6, 6.07) is 11.6. The summed E-state index contributed by atoms with van der Waals surface area (Å²) in [5, 5.41) is 5.13. The van der Waals surface area contributed by atoms with E-state index in [1.165, 1.54) is 0 Å². The van der Waals surface area contributed by atoms with Crippen LogP contribution in [0.15, 0.2) is 36.4 Å². The number of benzene rings is 2. The molecule has 4 nitrogen and oxygen atoms in total. The second-order valence-corrected chi connectivity index (χ2v) is 5.16. The zero-order valence-electron chi connectivity index (χ0n) is 12.6. The number of amides is 1. The van der Waals surface area contributed by atoms with Crippen molar-refractivity contribution >= 4 is 16.7 Å². The van der Waals surface area contributed by atoms with Crippen LogP contribution in [0.3, 0.4) is 0 Å². The van der Waals surface area contributed by atoms with E-state index in [-0.39, 0.29) is 5.91 Å². The fourth-order valence-corrected chi connectivity index (χ4v) is 2.27. The van der Waals surface area contributed by atoms with Crippen LogP contribution in [0.5, 0.6) is 5.75 Å². The Kier molecular flexibility index (Phi) is 5.17. The lowest BCUT2D eigenvalue weighted by molar-refractivity contribution is -0.122. The van der Waals surface area contributed by atoms with E-state index >= 15 is 0 Å². The number of nitrogens with two attached hydrogens (primary N) is 1. The van der Waals surface area contributed by atoms with E-state index in [1.807, 2.05) is 37.3 Å². The van der Waals surface area contributed by atoms with Gasteiger partial charge >= 0.3 is 0 Å². The first-order chi connectivity index (χ1) is 10.1. The average Bonchev–Trinajstić information content (AvgIpc) is 2.52. The van der Waals surface area contributed by atoms with Crippen molar-refractivity contribution < 1.29 is 9.53 Å². The molecule has 21 heavy (non-hydrogen) atoms. The average molecular weight is 286 g/mol. The SMILES string of the molecule is CCC[C@@H](N)C(=O)NCc1ccc2cc(OC)ccc2c1. The molecular formula is C17H22N2O2. The van der Waals surface area contributed by atoms with Crippen LogP contribution in [0.1, 0.15) is 25.3 Å². The Hall–Kier alpha value is -2.07. The third-order valence-corrected chi connectivity index (χ3v) is 3.52. The first kappa shape index (κ1) is 15.3. The van der Waals surface area contributed by atoms with Gasteiger partial charge in [0.2, 0.25) is 5.91 Å². The first-order valence-corrected chi connectivity index (χ1v) is 7.24. The topological polar surface area (TPSA) is 64.4 Å². The summed E-state index contributed by atoms with van der Waals surface area (Å²) < 4.78 is 5.21. The van der Waals surface area contributed by atoms with Gasteiger partial charge in [-0.05, 0) is 41.0 Å². The molecule has 1 amide bonds. The molecule has 0 heterocycles. The minimum atomic E-state index is -0.417. The molecule has 1 atom stereocenters. The summed E-state index contributed by atoms with van der Waals surface area (Å²) in [4.78, 5) is 11.8. The molecule has 0 bridgehead atoms. The Bertz CT molecular complexity index is 625. The van der Waals surface area contributed by atoms with Crippen LogP contribution in [0.2, 0.25) is 0 Å². The zero-order chi connectivity index (χ0) is 15.2. The van der Waals surface area contributed by atoms with E-state index in [1.54, 1.807) is 7.11 Å². The lowest BCUT2D eigenvalue weighted by atomic mass is 10.1. The molecule has 112 valence electrons. The summed E-state index contributed by atoms with van der Waals surface area (Å²) in [5.74, 6) is 0.751. The van der Waals surface area contributed by atoms with Crippen molar-refractivity contribution in [2.45, 2.75) is 32.4 Å². The fourth-order valence-electron chi connectivity index (χ4n) is 2.27. The van der Waals surface area contributed by atoms with E-state index in [4.69, 9.17) is 10.5 Å². The fraction of sp³-hybridized carbons (Fsp3) is 0.353. The predicted molar refractivity (Wildman–Crippen MR) is 85.2 cm³/mol. The van der Waals surface area contributed by atoms with E-state index in [0.717, 1.165) is 28.5 Å². The third-order valence-electron chi connectivity index (χ3n) is 3.52. The van der Waals surface area contributed by atoms with Crippen molar-refractivity contribution in [1.82, 2.24) is 5.32 Å². The van der Waals surface area contributed by atoms with Crippen molar-refractivity contribution in [1.29, 1.82) is 0 Å². The molecule has 0 aromatic heterocycles. The Morgan fingerprint density at radius 3 is 2.67 bits per heavy atom. The minimum absolute atomic E-state index is 0.0910. The smallest absolute Gasteiger partial charge is 0.237 e. The summed E-state index contributed by atoms with van der Waals surface area (Å²) in [6.45, 7) is 2.52. The molecule has 2 rings (SSSR count). The molecule has 2 aromatic rings. The van der Waals surface area contributed by atoms with Gasteiger partial charge in [0, 0.05) is 6.54 Å². The molecule has 0 aliphatic carbocycles. The van der Waals surface area contributed by atoms with Crippen molar-refractivity contribution in [3.05, 3.63) is 42.0 Å². The summed E-state index contributed by atoms with van der Waals surface area (Å²) >= 11 is 0. The molecule has 0 spiro atoms. The second kappa shape index (κ2) is 7.09. The van der Waals surface area contributed by atoms with Gasteiger partial charge < -0.3 is 15.8 Å². The quantitative estimate of drug-likeness (QED) is 0.858. The van der Waals surface area contributed by atoms with E-state index < -0.39 is 6.04 Å². The van der Waals surface area contributed by atoms with Crippen LogP contribution >= 0.6 is 0 Å². The highest BCUT2D eigenvalue weighted by molar-refractivity contribution is 5.85. The van der Waals surface area contributed by atoms with Crippen LogP contribution in [0.4, 0.5) is 0 Å². The van der Waals surface area contributed by atoms with Crippen molar-refractivity contribution in [3.63, 3.8) is 0 Å². The van der Waals surface area contributed by atoms with Gasteiger partial charge in [0.1, 0.15) is 5.75 Å². The minimum Gasteiger partial charge on any atom is -0.497 e. The van der Waals surface area contributed by atoms with Crippen molar-refractivity contribution in [2.24, 2.45) is 5.73 Å². The number of carbonyl (C=O) groups is 1. The second-order valence-electron chi connectivity index (χ2n) is 5.16. The maximum absolute atomic E-state index is 11.8. The molecule has 0 fully saturated rings. The largest absolute Gasteiger partial charge is 0.497 e. The van der Waals surface area contributed by atoms with E-state index in [9.17, 15) is 4.79 Å². The molecule has 0 aliphatic heterocycles. The van der Waals surface area contributed by atoms with Crippen LogP contribution in [0.25, 0.3) is 10.8 Å². The normalized spacial score (nSPS) is 12.1. The molecule has 0 unspecified atom stereocenters. The van der Waals surface area contributed by atoms with Gasteiger partial charge in [-0.3, -0.25) is 4.79 Å². The van der Waals surface area contributed by atoms with Gasteiger partial charge in [-0.2, -0.15) is 0 Å².